The SMILES string of the molecule is O=C(N/N=C/c1cc([N+](=O)[O-])c(O)cc1O)c1cccnc1. The Hall–Kier alpha value is -3.49. The lowest BCUT2D eigenvalue weighted by Crippen LogP contribution is -2.17. The van der Waals surface area contributed by atoms with Crippen LogP contribution in [0.5, 0.6) is 11.5 Å². The lowest BCUT2D eigenvalue weighted by atomic mass is 10.2. The molecule has 3 N–H and O–H groups in total. The van der Waals surface area contributed by atoms with Crippen LogP contribution in [-0.4, -0.2) is 32.2 Å². The van der Waals surface area contributed by atoms with Gasteiger partial charge in [0.15, 0.2) is 5.75 Å². The van der Waals surface area contributed by atoms with Gasteiger partial charge in [-0.05, 0) is 12.1 Å². The molecule has 9 heteroatoms. The molecule has 0 saturated carbocycles. The first-order valence-corrected chi connectivity index (χ1v) is 5.93. The first-order chi connectivity index (χ1) is 10.5. The maximum atomic E-state index is 11.7. The minimum absolute atomic E-state index is 0.0315. The number of hydrogen-bond donors (Lipinski definition) is 3. The Balaban J connectivity index is 2.15. The number of nitrogens with zero attached hydrogens (tertiary/aromatic N) is 3. The van der Waals surface area contributed by atoms with E-state index in [1.54, 1.807) is 6.07 Å². The summed E-state index contributed by atoms with van der Waals surface area (Å²) in [6, 6.07) is 4.86. The van der Waals surface area contributed by atoms with Crippen molar-refractivity contribution in [1.29, 1.82) is 0 Å². The average molecular weight is 302 g/mol. The van der Waals surface area contributed by atoms with Crippen LogP contribution in [0.3, 0.4) is 0 Å². The number of aromatic hydroxyl groups is 2. The van der Waals surface area contributed by atoms with Crippen molar-refractivity contribution in [3.63, 3.8) is 0 Å². The van der Waals surface area contributed by atoms with E-state index in [0.29, 0.717) is 0 Å². The van der Waals surface area contributed by atoms with E-state index in [1.165, 1.54) is 18.5 Å². The molecule has 0 fully saturated rings. The van der Waals surface area contributed by atoms with E-state index in [4.69, 9.17) is 0 Å². The van der Waals surface area contributed by atoms with E-state index in [2.05, 4.69) is 15.5 Å². The number of aromatic nitrogens is 1. The molecular formula is C13H10N4O5. The summed E-state index contributed by atoms with van der Waals surface area (Å²) in [6.45, 7) is 0. The highest BCUT2D eigenvalue weighted by Gasteiger charge is 2.16. The molecule has 1 heterocycles. The van der Waals surface area contributed by atoms with Crippen molar-refractivity contribution < 1.29 is 19.9 Å². The summed E-state index contributed by atoms with van der Waals surface area (Å²) in [6.07, 6.45) is 3.87. The van der Waals surface area contributed by atoms with Crippen LogP contribution in [0.4, 0.5) is 5.69 Å². The number of benzene rings is 1. The molecule has 1 aromatic heterocycles. The highest BCUT2D eigenvalue weighted by molar-refractivity contribution is 5.94. The molecule has 22 heavy (non-hydrogen) atoms. The van der Waals surface area contributed by atoms with E-state index in [0.717, 1.165) is 18.3 Å². The van der Waals surface area contributed by atoms with Gasteiger partial charge in [0, 0.05) is 30.1 Å². The number of amides is 1. The number of nitro groups is 1. The van der Waals surface area contributed by atoms with Gasteiger partial charge in [-0.25, -0.2) is 5.43 Å². The first kappa shape index (κ1) is 14.9. The molecule has 2 aromatic rings. The van der Waals surface area contributed by atoms with Crippen molar-refractivity contribution in [3.8, 4) is 11.5 Å². The van der Waals surface area contributed by atoms with E-state index < -0.39 is 28.0 Å². The number of phenolic OH excluding ortho intramolecular Hbond substituents is 2. The number of pyridine rings is 1. The molecule has 0 aliphatic rings. The van der Waals surface area contributed by atoms with Crippen LogP contribution < -0.4 is 5.43 Å². The topological polar surface area (TPSA) is 138 Å². The number of nitro benzene ring substituents is 1. The van der Waals surface area contributed by atoms with Crippen LogP contribution in [0.15, 0.2) is 41.8 Å². The van der Waals surface area contributed by atoms with Crippen LogP contribution in [0.25, 0.3) is 0 Å². The third-order valence-corrected chi connectivity index (χ3v) is 2.61. The molecule has 0 unspecified atom stereocenters. The van der Waals surface area contributed by atoms with Gasteiger partial charge < -0.3 is 10.2 Å². The number of rotatable bonds is 4. The molecule has 0 radical (unpaired) electrons. The molecule has 1 amide bonds. The first-order valence-electron chi connectivity index (χ1n) is 5.93. The van der Waals surface area contributed by atoms with Crippen molar-refractivity contribution in [2.45, 2.75) is 0 Å². The molecular weight excluding hydrogens is 292 g/mol. The molecule has 9 nitrogen and oxygen atoms in total. The quantitative estimate of drug-likeness (QED) is 0.440. The van der Waals surface area contributed by atoms with E-state index in [9.17, 15) is 25.1 Å². The van der Waals surface area contributed by atoms with Gasteiger partial charge in [-0.2, -0.15) is 5.10 Å². The van der Waals surface area contributed by atoms with Crippen LogP contribution in [-0.2, 0) is 0 Å². The van der Waals surface area contributed by atoms with E-state index in [1.807, 2.05) is 0 Å². The monoisotopic (exact) mass is 302 g/mol. The molecule has 0 bridgehead atoms. The maximum absolute atomic E-state index is 11.7. The van der Waals surface area contributed by atoms with E-state index >= 15 is 0 Å². The van der Waals surface area contributed by atoms with Gasteiger partial charge >= 0.3 is 5.69 Å². The summed E-state index contributed by atoms with van der Waals surface area (Å²) in [5.74, 6) is -1.61. The summed E-state index contributed by atoms with van der Waals surface area (Å²) in [5.41, 5.74) is 1.85. The largest absolute Gasteiger partial charge is 0.507 e. The summed E-state index contributed by atoms with van der Waals surface area (Å²) >= 11 is 0. The minimum Gasteiger partial charge on any atom is -0.507 e. The fraction of sp³-hybridized carbons (Fsp3) is 0. The second kappa shape index (κ2) is 6.31. The Morgan fingerprint density at radius 3 is 2.77 bits per heavy atom. The van der Waals surface area contributed by atoms with Crippen LogP contribution >= 0.6 is 0 Å². The molecule has 2 rings (SSSR count). The van der Waals surface area contributed by atoms with Crippen molar-refractivity contribution in [2.24, 2.45) is 5.10 Å². The Kier molecular flexibility index (Phi) is 4.27. The fourth-order valence-electron chi connectivity index (χ4n) is 1.55. The summed E-state index contributed by atoms with van der Waals surface area (Å²) in [5, 5.41) is 33.2. The van der Waals surface area contributed by atoms with Gasteiger partial charge in [0.25, 0.3) is 5.91 Å². The zero-order valence-corrected chi connectivity index (χ0v) is 11.0. The van der Waals surface area contributed by atoms with Crippen LogP contribution in [0.2, 0.25) is 0 Å². The number of carbonyl (C=O) groups excluding carboxylic acids is 1. The second-order valence-corrected chi connectivity index (χ2v) is 4.10. The fourth-order valence-corrected chi connectivity index (χ4v) is 1.55. The number of carbonyl (C=O) groups is 1. The third kappa shape index (κ3) is 3.33. The predicted molar refractivity (Wildman–Crippen MR) is 75.7 cm³/mol. The Labute approximate surface area is 123 Å². The van der Waals surface area contributed by atoms with E-state index in [-0.39, 0.29) is 11.1 Å². The molecule has 0 aliphatic heterocycles. The average Bonchev–Trinajstić information content (AvgIpc) is 2.49. The maximum Gasteiger partial charge on any atom is 0.311 e. The van der Waals surface area contributed by atoms with Gasteiger partial charge in [-0.15, -0.1) is 0 Å². The van der Waals surface area contributed by atoms with Gasteiger partial charge in [-0.1, -0.05) is 0 Å². The molecule has 0 spiro atoms. The molecule has 0 atom stereocenters. The van der Waals surface area contributed by atoms with Crippen LogP contribution in [0, 0.1) is 10.1 Å². The zero-order chi connectivity index (χ0) is 16.1. The molecule has 1 aromatic carbocycles. The van der Waals surface area contributed by atoms with Crippen LogP contribution in [0.1, 0.15) is 15.9 Å². The number of hydrazone groups is 1. The lowest BCUT2D eigenvalue weighted by molar-refractivity contribution is -0.385. The number of hydrogen-bond acceptors (Lipinski definition) is 7. The smallest absolute Gasteiger partial charge is 0.311 e. The highest BCUT2D eigenvalue weighted by atomic mass is 16.6. The minimum atomic E-state index is -0.805. The highest BCUT2D eigenvalue weighted by Crippen LogP contribution is 2.31. The Morgan fingerprint density at radius 2 is 2.14 bits per heavy atom. The molecule has 0 aliphatic carbocycles. The van der Waals surface area contributed by atoms with Crippen molar-refractivity contribution >= 4 is 17.8 Å². The van der Waals surface area contributed by atoms with Crippen molar-refractivity contribution in [2.75, 3.05) is 0 Å². The van der Waals surface area contributed by atoms with Crippen molar-refractivity contribution in [3.05, 3.63) is 57.9 Å². The van der Waals surface area contributed by atoms with Gasteiger partial charge in [0.05, 0.1) is 16.7 Å². The summed E-state index contributed by atoms with van der Waals surface area (Å²) < 4.78 is 0. The van der Waals surface area contributed by atoms with Gasteiger partial charge in [0.2, 0.25) is 0 Å². The van der Waals surface area contributed by atoms with Gasteiger partial charge in [-0.3, -0.25) is 19.9 Å². The second-order valence-electron chi connectivity index (χ2n) is 4.10. The number of nitrogens with one attached hydrogen (secondary N) is 1. The molecule has 0 saturated heterocycles. The Bertz CT molecular complexity index is 746. The van der Waals surface area contributed by atoms with Crippen molar-refractivity contribution in [1.82, 2.24) is 10.4 Å². The molecule has 112 valence electrons. The standard InChI is InChI=1S/C13H10N4O5/c18-11-5-12(19)10(17(21)22)4-9(11)7-15-16-13(20)8-2-1-3-14-6-8/h1-7,18-19H,(H,16,20)/b15-7+. The third-order valence-electron chi connectivity index (χ3n) is 2.61. The van der Waals surface area contributed by atoms with Gasteiger partial charge in [0.1, 0.15) is 5.75 Å². The zero-order valence-electron chi connectivity index (χ0n) is 11.0. The lowest BCUT2D eigenvalue weighted by Gasteiger charge is -2.02. The summed E-state index contributed by atoms with van der Waals surface area (Å²) in [4.78, 5) is 25.3. The predicted octanol–water partition coefficient (Wildman–Crippen LogP) is 1.16. The summed E-state index contributed by atoms with van der Waals surface area (Å²) in [7, 11) is 0. The normalized spacial score (nSPS) is 10.5. The Morgan fingerprint density at radius 1 is 1.36 bits per heavy atom. The number of phenols is 2.